The number of aliphatic hydroxyl groups is 1. The molecular weight excluding hydrogens is 440 g/mol. The Morgan fingerprint density at radius 3 is 2.20 bits per heavy atom. The number of aliphatic hydroxyl groups excluding tert-OH is 1. The zero-order chi connectivity index (χ0) is 25.4. The molecule has 0 aromatic rings. The number of esters is 2. The molecule has 0 aromatic heterocycles. The first-order valence-corrected chi connectivity index (χ1v) is 14.2. The first-order valence-electron chi connectivity index (χ1n) is 14.2. The van der Waals surface area contributed by atoms with Gasteiger partial charge in [0.1, 0.15) is 11.2 Å². The van der Waals surface area contributed by atoms with Crippen LogP contribution >= 0.6 is 0 Å². The van der Waals surface area contributed by atoms with Gasteiger partial charge >= 0.3 is 11.9 Å². The summed E-state index contributed by atoms with van der Waals surface area (Å²) in [6.45, 7) is 16.0. The zero-order valence-electron chi connectivity index (χ0n) is 23.0. The van der Waals surface area contributed by atoms with Gasteiger partial charge in [-0.2, -0.15) is 0 Å². The summed E-state index contributed by atoms with van der Waals surface area (Å²) in [5, 5.41) is 12.2. The van der Waals surface area contributed by atoms with Crippen LogP contribution in [0.5, 0.6) is 0 Å². The maximum absolute atomic E-state index is 13.7. The lowest BCUT2D eigenvalue weighted by Gasteiger charge is -2.73. The van der Waals surface area contributed by atoms with Gasteiger partial charge < -0.3 is 14.6 Å². The number of hydrogen-bond donors (Lipinski definition) is 1. The summed E-state index contributed by atoms with van der Waals surface area (Å²) in [6, 6.07) is 0. The lowest BCUT2D eigenvalue weighted by Crippen LogP contribution is -2.75. The normalized spacial score (nSPS) is 55.9. The molecule has 5 nitrogen and oxygen atoms in total. The van der Waals surface area contributed by atoms with E-state index in [0.717, 1.165) is 51.4 Å². The molecule has 6 rings (SSSR count). The molecule has 2 heterocycles. The van der Waals surface area contributed by atoms with Crippen molar-refractivity contribution < 1.29 is 24.2 Å². The van der Waals surface area contributed by atoms with Gasteiger partial charge in [-0.1, -0.05) is 34.6 Å². The first kappa shape index (κ1) is 24.2. The topological polar surface area (TPSA) is 72.8 Å². The second-order valence-electron chi connectivity index (χ2n) is 15.5. The van der Waals surface area contributed by atoms with Crippen molar-refractivity contribution in [3.8, 4) is 0 Å². The lowest BCUT2D eigenvalue weighted by atomic mass is 9.31. The summed E-state index contributed by atoms with van der Waals surface area (Å²) in [7, 11) is 0. The third-order valence-corrected chi connectivity index (χ3v) is 13.4. The molecule has 0 radical (unpaired) electrons. The Kier molecular flexibility index (Phi) is 4.61. The van der Waals surface area contributed by atoms with Crippen molar-refractivity contribution in [3.05, 3.63) is 0 Å². The van der Waals surface area contributed by atoms with Crippen molar-refractivity contribution >= 4 is 11.9 Å². The van der Waals surface area contributed by atoms with Crippen LogP contribution in [0.1, 0.15) is 113 Å². The van der Waals surface area contributed by atoms with E-state index in [0.29, 0.717) is 12.8 Å². The molecule has 1 unspecified atom stereocenters. The molecule has 1 N–H and O–H groups in total. The van der Waals surface area contributed by atoms with Crippen LogP contribution in [0.4, 0.5) is 0 Å². The number of carbonyl (C=O) groups excluding carboxylic acids is 2. The van der Waals surface area contributed by atoms with Crippen LogP contribution < -0.4 is 0 Å². The summed E-state index contributed by atoms with van der Waals surface area (Å²) in [4.78, 5) is 26.3. The van der Waals surface area contributed by atoms with Crippen LogP contribution in [-0.2, 0) is 19.1 Å². The van der Waals surface area contributed by atoms with Crippen LogP contribution in [-0.4, -0.2) is 34.4 Å². The molecule has 35 heavy (non-hydrogen) atoms. The van der Waals surface area contributed by atoms with Gasteiger partial charge in [-0.15, -0.1) is 0 Å². The van der Waals surface area contributed by atoms with Gasteiger partial charge in [0.15, 0.2) is 0 Å². The molecule has 2 bridgehead atoms. The molecule has 0 amide bonds. The van der Waals surface area contributed by atoms with Gasteiger partial charge in [0.2, 0.25) is 0 Å². The summed E-state index contributed by atoms with van der Waals surface area (Å²) < 4.78 is 12.6. The van der Waals surface area contributed by atoms with Crippen molar-refractivity contribution in [2.45, 2.75) is 130 Å². The molecule has 1 spiro atoms. The van der Waals surface area contributed by atoms with E-state index in [4.69, 9.17) is 9.47 Å². The van der Waals surface area contributed by atoms with E-state index >= 15 is 0 Å². The Balaban J connectivity index is 1.50. The second-order valence-corrected chi connectivity index (χ2v) is 15.5. The fourth-order valence-corrected chi connectivity index (χ4v) is 11.5. The highest BCUT2D eigenvalue weighted by molar-refractivity contribution is 5.82. The zero-order valence-corrected chi connectivity index (χ0v) is 23.0. The van der Waals surface area contributed by atoms with Crippen molar-refractivity contribution in [2.24, 2.45) is 44.8 Å². The third kappa shape index (κ3) is 2.60. The highest BCUT2D eigenvalue weighted by atomic mass is 16.6. The predicted molar refractivity (Wildman–Crippen MR) is 132 cm³/mol. The van der Waals surface area contributed by atoms with E-state index in [1.807, 2.05) is 0 Å². The van der Waals surface area contributed by atoms with Gasteiger partial charge in [0.25, 0.3) is 0 Å². The minimum absolute atomic E-state index is 0.0303. The molecule has 196 valence electrons. The van der Waals surface area contributed by atoms with E-state index in [-0.39, 0.29) is 51.4 Å². The molecule has 2 saturated heterocycles. The Hall–Kier alpha value is -1.10. The maximum atomic E-state index is 13.7. The molecule has 4 aliphatic carbocycles. The molecule has 2 aliphatic heterocycles. The average molecular weight is 487 g/mol. The second kappa shape index (κ2) is 6.66. The number of fused-ring (bicyclic) bond motifs is 4. The molecular formula is C30H46O5. The molecule has 5 heteroatoms. The van der Waals surface area contributed by atoms with E-state index in [1.54, 1.807) is 0 Å². The molecule has 0 aromatic carbocycles. The Morgan fingerprint density at radius 2 is 1.49 bits per heavy atom. The number of carbonyl (C=O) groups is 2. The Bertz CT molecular complexity index is 985. The van der Waals surface area contributed by atoms with Gasteiger partial charge in [0, 0.05) is 23.7 Å². The maximum Gasteiger partial charge on any atom is 0.313 e. The largest absolute Gasteiger partial charge is 0.459 e. The molecule has 6 fully saturated rings. The van der Waals surface area contributed by atoms with Crippen molar-refractivity contribution in [2.75, 3.05) is 0 Å². The smallest absolute Gasteiger partial charge is 0.313 e. The standard InChI is InChI=1S/C30H46O5/c1-24(2)12-14-29-15-13-28(7)27(6)11-8-18-25(3,4)34-22(32)9-10-26(18,5)19(27)16-21(31)30(28,20(29)17-24)35-23(29)33/h18-21,31H,8-17H2,1-7H3/t18-,19?,20+,21-,26-,27+,28-,29-,30+/m0/s1. The van der Waals surface area contributed by atoms with Gasteiger partial charge in [-0.3, -0.25) is 9.59 Å². The quantitative estimate of drug-likeness (QED) is 0.437. The average Bonchev–Trinajstić information content (AvgIpc) is 2.87. The summed E-state index contributed by atoms with van der Waals surface area (Å²) in [5.74, 6) is 0.461. The van der Waals surface area contributed by atoms with E-state index < -0.39 is 22.7 Å². The van der Waals surface area contributed by atoms with Crippen LogP contribution in [0.15, 0.2) is 0 Å². The van der Waals surface area contributed by atoms with E-state index in [2.05, 4.69) is 48.5 Å². The highest BCUT2D eigenvalue weighted by Gasteiger charge is 2.83. The third-order valence-electron chi connectivity index (χ3n) is 13.4. The van der Waals surface area contributed by atoms with Crippen LogP contribution in [0.25, 0.3) is 0 Å². The van der Waals surface area contributed by atoms with Gasteiger partial charge in [0.05, 0.1) is 11.5 Å². The van der Waals surface area contributed by atoms with Crippen molar-refractivity contribution in [3.63, 3.8) is 0 Å². The minimum Gasteiger partial charge on any atom is -0.459 e. The highest BCUT2D eigenvalue weighted by Crippen LogP contribution is 2.80. The number of cyclic esters (lactones) is 1. The van der Waals surface area contributed by atoms with E-state index in [9.17, 15) is 14.7 Å². The summed E-state index contributed by atoms with van der Waals surface area (Å²) in [5.41, 5.74) is -2.08. The Morgan fingerprint density at radius 1 is 0.800 bits per heavy atom. The SMILES string of the molecule is CC1(C)CC[C@@]23CC[C@]4(C)[C@@](OC2=O)([C@@H]3C1)[C@@H](O)CC1[C@@]2(C)CCC(=O)OC(C)(C)[C@@H]2CC[C@]14C. The van der Waals surface area contributed by atoms with Gasteiger partial charge in [-0.25, -0.2) is 0 Å². The van der Waals surface area contributed by atoms with Crippen LogP contribution in [0, 0.1) is 44.8 Å². The van der Waals surface area contributed by atoms with Crippen molar-refractivity contribution in [1.82, 2.24) is 0 Å². The van der Waals surface area contributed by atoms with E-state index in [1.165, 1.54) is 0 Å². The van der Waals surface area contributed by atoms with Crippen molar-refractivity contribution in [1.29, 1.82) is 0 Å². The monoisotopic (exact) mass is 486 g/mol. The number of rotatable bonds is 0. The molecule has 4 saturated carbocycles. The molecule has 9 atom stereocenters. The Labute approximate surface area is 211 Å². The summed E-state index contributed by atoms with van der Waals surface area (Å²) in [6.07, 6.45) is 7.93. The number of hydrogen-bond acceptors (Lipinski definition) is 5. The van der Waals surface area contributed by atoms with Gasteiger partial charge in [-0.05, 0) is 93.8 Å². The lowest BCUT2D eigenvalue weighted by molar-refractivity contribution is -0.311. The fourth-order valence-electron chi connectivity index (χ4n) is 11.5. The van der Waals surface area contributed by atoms with Crippen LogP contribution in [0.2, 0.25) is 0 Å². The fraction of sp³-hybridized carbons (Fsp3) is 0.933. The first-order chi connectivity index (χ1) is 16.1. The number of ether oxygens (including phenoxy) is 2. The van der Waals surface area contributed by atoms with Crippen LogP contribution in [0.3, 0.4) is 0 Å². The molecule has 6 aliphatic rings. The summed E-state index contributed by atoms with van der Waals surface area (Å²) >= 11 is 0. The minimum atomic E-state index is -0.805. The predicted octanol–water partition coefficient (Wildman–Crippen LogP) is 5.81.